The summed E-state index contributed by atoms with van der Waals surface area (Å²) in [5, 5.41) is 8.65. The minimum absolute atomic E-state index is 0.138. The van der Waals surface area contributed by atoms with Crippen molar-refractivity contribution in [2.24, 2.45) is 0 Å². The van der Waals surface area contributed by atoms with Crippen LogP contribution >= 0.6 is 0 Å². The van der Waals surface area contributed by atoms with E-state index in [9.17, 15) is 0 Å². The molecule has 0 aliphatic rings. The van der Waals surface area contributed by atoms with Crippen LogP contribution in [0.3, 0.4) is 0 Å². The zero-order chi connectivity index (χ0) is 9.56. The molecule has 0 bridgehead atoms. The highest BCUT2D eigenvalue weighted by Crippen LogP contribution is 2.05. The van der Waals surface area contributed by atoms with Crippen molar-refractivity contribution in [2.75, 3.05) is 6.61 Å². The van der Waals surface area contributed by atoms with E-state index in [2.05, 4.69) is 19.9 Å². The number of hydrogen-bond acceptors (Lipinski definition) is 1. The van der Waals surface area contributed by atoms with Crippen LogP contribution in [0.2, 0.25) is 0 Å². The molecule has 0 unspecified atom stereocenters. The van der Waals surface area contributed by atoms with Gasteiger partial charge in [-0.1, -0.05) is 23.3 Å². The molecule has 0 saturated carbocycles. The number of aliphatic hydroxyl groups is 1. The predicted octanol–water partition coefficient (Wildman–Crippen LogP) is 2.67. The van der Waals surface area contributed by atoms with Gasteiger partial charge in [0.2, 0.25) is 0 Å². The van der Waals surface area contributed by atoms with Gasteiger partial charge in [-0.15, -0.1) is 0 Å². The van der Waals surface area contributed by atoms with Crippen molar-refractivity contribution in [2.45, 2.75) is 33.6 Å². The van der Waals surface area contributed by atoms with Crippen LogP contribution in [0, 0.1) is 0 Å². The first-order chi connectivity index (χ1) is 5.57. The largest absolute Gasteiger partial charge is 0.392 e. The maximum atomic E-state index is 8.65. The molecule has 0 aliphatic carbocycles. The number of hydrogen-bond donors (Lipinski definition) is 1. The van der Waals surface area contributed by atoms with Crippen LogP contribution in [-0.4, -0.2) is 11.7 Å². The van der Waals surface area contributed by atoms with Gasteiger partial charge in [0, 0.05) is 0 Å². The van der Waals surface area contributed by atoms with Crippen molar-refractivity contribution >= 4 is 0 Å². The summed E-state index contributed by atoms with van der Waals surface area (Å²) in [6.45, 7) is 5.89. The Balaban J connectivity index is 3.86. The second kappa shape index (κ2) is 6.17. The normalized spacial score (nSPS) is 13.6. The van der Waals surface area contributed by atoms with Crippen LogP contribution < -0.4 is 0 Å². The summed E-state index contributed by atoms with van der Waals surface area (Å²) < 4.78 is 7.32. The molecule has 11 heavy (non-hydrogen) atoms. The third-order valence-corrected chi connectivity index (χ3v) is 1.45. The lowest BCUT2D eigenvalue weighted by atomic mass is 10.1. The maximum absolute atomic E-state index is 8.65. The fourth-order valence-corrected chi connectivity index (χ4v) is 0.801. The third kappa shape index (κ3) is 7.34. The zero-order valence-electron chi connectivity index (χ0n) is 8.65. The molecule has 0 amide bonds. The van der Waals surface area contributed by atoms with E-state index >= 15 is 0 Å². The average molecular weight is 155 g/mol. The lowest BCUT2D eigenvalue weighted by Crippen LogP contribution is -1.80. The Morgan fingerprint density at radius 3 is 2.55 bits per heavy atom. The first-order valence-electron chi connectivity index (χ1n) is 4.47. The van der Waals surface area contributed by atoms with Crippen LogP contribution in [0.1, 0.15) is 35.0 Å². The highest BCUT2D eigenvalue weighted by atomic mass is 16.2. The molecular formula is C10H18O. The summed E-state index contributed by atoms with van der Waals surface area (Å²) in [6, 6.07) is 0.358. The summed E-state index contributed by atoms with van der Waals surface area (Å²) in [5.41, 5.74) is 2.29. The van der Waals surface area contributed by atoms with Gasteiger partial charge in [0.25, 0.3) is 0 Å². The Bertz CT molecular complexity index is 188. The van der Waals surface area contributed by atoms with Gasteiger partial charge in [0.1, 0.15) is 0 Å². The Morgan fingerprint density at radius 1 is 1.45 bits per heavy atom. The van der Waals surface area contributed by atoms with E-state index in [0.29, 0.717) is 6.05 Å². The fraction of sp³-hybridized carbons (Fsp3) is 0.600. The third-order valence-electron chi connectivity index (χ3n) is 1.45. The second-order valence-corrected chi connectivity index (χ2v) is 2.94. The quantitative estimate of drug-likeness (QED) is 0.619. The molecule has 0 aliphatic heterocycles. The number of aliphatic hydroxyl groups excluding tert-OH is 1. The van der Waals surface area contributed by atoms with E-state index < -0.39 is 0 Å². The molecule has 0 spiro atoms. The molecule has 0 heterocycles. The van der Waals surface area contributed by atoms with Gasteiger partial charge in [0.15, 0.2) is 0 Å². The van der Waals surface area contributed by atoms with E-state index in [1.807, 2.05) is 6.92 Å². The fourth-order valence-electron chi connectivity index (χ4n) is 0.801. The topological polar surface area (TPSA) is 20.2 Å². The smallest absolute Gasteiger partial charge is 0.0614 e. The van der Waals surface area contributed by atoms with Gasteiger partial charge < -0.3 is 5.11 Å². The Morgan fingerprint density at radius 2 is 2.09 bits per heavy atom. The standard InChI is InChI=1S/C10H18O/c1-9(2)5-4-6-10(3)7-8-11/h5,7,11H,4,6,8H2,1-3H3/b10-7+/i7D. The van der Waals surface area contributed by atoms with Crippen LogP contribution in [0.5, 0.6) is 0 Å². The van der Waals surface area contributed by atoms with Gasteiger partial charge >= 0.3 is 0 Å². The lowest BCUT2D eigenvalue weighted by molar-refractivity contribution is 0.341. The van der Waals surface area contributed by atoms with Crippen molar-refractivity contribution in [1.29, 1.82) is 0 Å². The SMILES string of the molecule is [2H]/C(CO)=C(/C)CCC=C(C)C. The predicted molar refractivity (Wildman–Crippen MR) is 49.5 cm³/mol. The Labute approximate surface area is 70.8 Å². The van der Waals surface area contributed by atoms with Gasteiger partial charge in [-0.05, 0) is 33.6 Å². The van der Waals surface area contributed by atoms with E-state index in [1.165, 1.54) is 5.57 Å². The van der Waals surface area contributed by atoms with Crippen LogP contribution in [-0.2, 0) is 0 Å². The monoisotopic (exact) mass is 155 g/mol. The molecule has 1 heteroatoms. The molecule has 1 N–H and O–H groups in total. The number of allylic oxidation sites excluding steroid dienone is 3. The van der Waals surface area contributed by atoms with Crippen molar-refractivity contribution < 1.29 is 6.48 Å². The van der Waals surface area contributed by atoms with E-state index in [1.54, 1.807) is 0 Å². The van der Waals surface area contributed by atoms with Crippen LogP contribution in [0.15, 0.2) is 23.3 Å². The maximum Gasteiger partial charge on any atom is 0.0614 e. The summed E-state index contributed by atoms with van der Waals surface area (Å²) in [6.07, 6.45) is 4.00. The lowest BCUT2D eigenvalue weighted by Gasteiger charge is -1.96. The molecule has 0 aromatic heterocycles. The molecular weight excluding hydrogens is 136 g/mol. The average Bonchev–Trinajstić information content (AvgIpc) is 2.02. The van der Waals surface area contributed by atoms with Crippen LogP contribution in [0.25, 0.3) is 0 Å². The van der Waals surface area contributed by atoms with Gasteiger partial charge in [-0.2, -0.15) is 0 Å². The summed E-state index contributed by atoms with van der Waals surface area (Å²) >= 11 is 0. The van der Waals surface area contributed by atoms with Gasteiger partial charge in [-0.25, -0.2) is 0 Å². The highest BCUT2D eigenvalue weighted by Gasteiger charge is 1.86. The Kier molecular flexibility index (Phi) is 4.79. The van der Waals surface area contributed by atoms with E-state index in [-0.39, 0.29) is 6.61 Å². The summed E-state index contributed by atoms with van der Waals surface area (Å²) in [5.74, 6) is 0. The van der Waals surface area contributed by atoms with Crippen molar-refractivity contribution in [3.63, 3.8) is 0 Å². The van der Waals surface area contributed by atoms with Crippen LogP contribution in [0.4, 0.5) is 0 Å². The van der Waals surface area contributed by atoms with Gasteiger partial charge in [-0.3, -0.25) is 0 Å². The van der Waals surface area contributed by atoms with Crippen molar-refractivity contribution in [3.05, 3.63) is 23.3 Å². The molecule has 0 atom stereocenters. The molecule has 64 valence electrons. The minimum atomic E-state index is -0.138. The number of rotatable bonds is 4. The summed E-state index contributed by atoms with van der Waals surface area (Å²) in [4.78, 5) is 0. The first kappa shape index (κ1) is 8.54. The highest BCUT2D eigenvalue weighted by molar-refractivity contribution is 5.01. The second-order valence-electron chi connectivity index (χ2n) is 2.94. The molecule has 1 nitrogen and oxygen atoms in total. The van der Waals surface area contributed by atoms with Crippen molar-refractivity contribution in [3.8, 4) is 0 Å². The summed E-state index contributed by atoms with van der Waals surface area (Å²) in [7, 11) is 0. The molecule has 0 radical (unpaired) electrons. The minimum Gasteiger partial charge on any atom is -0.392 e. The first-order valence-corrected chi connectivity index (χ1v) is 3.97. The molecule has 0 aromatic rings. The molecule has 0 rings (SSSR count). The zero-order valence-corrected chi connectivity index (χ0v) is 7.65. The van der Waals surface area contributed by atoms with E-state index in [0.717, 1.165) is 18.4 Å². The molecule has 0 fully saturated rings. The Hall–Kier alpha value is -0.560. The molecule has 0 saturated heterocycles. The van der Waals surface area contributed by atoms with Crippen molar-refractivity contribution in [1.82, 2.24) is 0 Å². The van der Waals surface area contributed by atoms with E-state index in [4.69, 9.17) is 6.48 Å². The van der Waals surface area contributed by atoms with Gasteiger partial charge in [0.05, 0.1) is 7.98 Å². The molecule has 0 aromatic carbocycles.